The molecule has 1 atom stereocenters. The zero-order valence-electron chi connectivity index (χ0n) is 14.8. The Labute approximate surface area is 153 Å². The molecule has 0 heterocycles. The van der Waals surface area contributed by atoms with Gasteiger partial charge >= 0.3 is 0 Å². The van der Waals surface area contributed by atoms with Crippen molar-refractivity contribution in [3.8, 4) is 5.75 Å². The van der Waals surface area contributed by atoms with Gasteiger partial charge in [0.25, 0.3) is 0 Å². The summed E-state index contributed by atoms with van der Waals surface area (Å²) >= 11 is 1.52. The summed E-state index contributed by atoms with van der Waals surface area (Å²) < 4.78 is 18.2. The molecule has 2 aromatic rings. The van der Waals surface area contributed by atoms with Crippen molar-refractivity contribution < 1.29 is 13.9 Å². The van der Waals surface area contributed by atoms with Crippen LogP contribution in [0.1, 0.15) is 36.1 Å². The van der Waals surface area contributed by atoms with Crippen molar-refractivity contribution in [1.29, 1.82) is 0 Å². The van der Waals surface area contributed by atoms with Crippen molar-refractivity contribution >= 4 is 17.7 Å². The van der Waals surface area contributed by atoms with E-state index in [0.717, 1.165) is 28.9 Å². The summed E-state index contributed by atoms with van der Waals surface area (Å²) in [5, 5.41) is 3.08. The molecule has 25 heavy (non-hydrogen) atoms. The topological polar surface area (TPSA) is 38.3 Å². The van der Waals surface area contributed by atoms with Crippen LogP contribution in [0.5, 0.6) is 5.75 Å². The Morgan fingerprint density at radius 3 is 2.56 bits per heavy atom. The highest BCUT2D eigenvalue weighted by Crippen LogP contribution is 2.24. The highest BCUT2D eigenvalue weighted by molar-refractivity contribution is 7.99. The van der Waals surface area contributed by atoms with Gasteiger partial charge in [-0.1, -0.05) is 31.2 Å². The van der Waals surface area contributed by atoms with Crippen LogP contribution < -0.4 is 10.1 Å². The van der Waals surface area contributed by atoms with Crippen molar-refractivity contribution in [2.45, 2.75) is 32.1 Å². The number of thioether (sulfide) groups is 1. The minimum atomic E-state index is -0.243. The maximum atomic E-state index is 12.9. The minimum absolute atomic E-state index is 0.00688. The second-order valence-corrected chi connectivity index (χ2v) is 6.86. The van der Waals surface area contributed by atoms with Crippen molar-refractivity contribution in [2.24, 2.45) is 0 Å². The zero-order valence-corrected chi connectivity index (χ0v) is 15.7. The highest BCUT2D eigenvalue weighted by atomic mass is 32.2. The van der Waals surface area contributed by atoms with Gasteiger partial charge in [0, 0.05) is 5.75 Å². The molecule has 1 unspecified atom stereocenters. The SMILES string of the molecule is CCC(NC(=O)CSCc1ccc(F)cc1)c1ccc(OC)c(C)c1. The Bertz CT molecular complexity index is 703. The molecule has 2 aromatic carbocycles. The third-order valence-electron chi connectivity index (χ3n) is 3.98. The van der Waals surface area contributed by atoms with Gasteiger partial charge in [-0.2, -0.15) is 0 Å². The normalized spacial score (nSPS) is 11.8. The maximum absolute atomic E-state index is 12.9. The van der Waals surface area contributed by atoms with E-state index in [1.165, 1.54) is 23.9 Å². The van der Waals surface area contributed by atoms with Crippen LogP contribution in [0.4, 0.5) is 4.39 Å². The lowest BCUT2D eigenvalue weighted by Crippen LogP contribution is -2.29. The van der Waals surface area contributed by atoms with Gasteiger partial charge in [-0.15, -0.1) is 11.8 Å². The molecule has 1 amide bonds. The van der Waals surface area contributed by atoms with Gasteiger partial charge in [-0.05, 0) is 48.2 Å². The van der Waals surface area contributed by atoms with Crippen LogP contribution in [-0.2, 0) is 10.5 Å². The van der Waals surface area contributed by atoms with Crippen LogP contribution in [0.3, 0.4) is 0 Å². The number of rotatable bonds is 8. The van der Waals surface area contributed by atoms with Crippen LogP contribution in [0.2, 0.25) is 0 Å². The van der Waals surface area contributed by atoms with E-state index in [1.54, 1.807) is 19.2 Å². The minimum Gasteiger partial charge on any atom is -0.496 e. The fourth-order valence-electron chi connectivity index (χ4n) is 2.62. The molecule has 0 aliphatic carbocycles. The quantitative estimate of drug-likeness (QED) is 0.744. The molecule has 134 valence electrons. The molecule has 1 N–H and O–H groups in total. The average molecular weight is 361 g/mol. The second-order valence-electron chi connectivity index (χ2n) is 5.88. The summed E-state index contributed by atoms with van der Waals surface area (Å²) in [7, 11) is 1.65. The third-order valence-corrected chi connectivity index (χ3v) is 4.98. The summed E-state index contributed by atoms with van der Waals surface area (Å²) in [5.74, 6) is 1.68. The predicted molar refractivity (Wildman–Crippen MR) is 101 cm³/mol. The Hall–Kier alpha value is -2.01. The molecule has 0 saturated heterocycles. The maximum Gasteiger partial charge on any atom is 0.230 e. The standard InChI is InChI=1S/C20H24FNO2S/c1-4-18(16-7-10-19(24-3)14(2)11-16)22-20(23)13-25-12-15-5-8-17(21)9-6-15/h5-11,18H,4,12-13H2,1-3H3,(H,22,23). The number of aryl methyl sites for hydroxylation is 1. The lowest BCUT2D eigenvalue weighted by Gasteiger charge is -2.19. The number of methoxy groups -OCH3 is 1. The van der Waals surface area contributed by atoms with E-state index in [2.05, 4.69) is 18.3 Å². The molecule has 0 radical (unpaired) electrons. The molecule has 0 spiro atoms. The third kappa shape index (κ3) is 5.78. The van der Waals surface area contributed by atoms with Crippen LogP contribution >= 0.6 is 11.8 Å². The Morgan fingerprint density at radius 2 is 1.96 bits per heavy atom. The molecule has 0 fully saturated rings. The first kappa shape index (κ1) is 19.3. The lowest BCUT2D eigenvalue weighted by atomic mass is 10.0. The number of amides is 1. The highest BCUT2D eigenvalue weighted by Gasteiger charge is 2.14. The number of carbonyl (C=O) groups excluding carboxylic acids is 1. The van der Waals surface area contributed by atoms with E-state index in [0.29, 0.717) is 11.5 Å². The lowest BCUT2D eigenvalue weighted by molar-refractivity contribution is -0.119. The number of carbonyl (C=O) groups is 1. The van der Waals surface area contributed by atoms with Crippen molar-refractivity contribution in [1.82, 2.24) is 5.32 Å². The second kappa shape index (κ2) is 9.47. The zero-order chi connectivity index (χ0) is 18.2. The van der Waals surface area contributed by atoms with Gasteiger partial charge in [-0.25, -0.2) is 4.39 Å². The fraction of sp³-hybridized carbons (Fsp3) is 0.350. The molecule has 0 aromatic heterocycles. The van der Waals surface area contributed by atoms with E-state index in [-0.39, 0.29) is 17.8 Å². The largest absolute Gasteiger partial charge is 0.496 e. The first-order valence-corrected chi connectivity index (χ1v) is 9.45. The average Bonchev–Trinajstić information content (AvgIpc) is 2.61. The fourth-order valence-corrected chi connectivity index (χ4v) is 3.42. The first-order valence-electron chi connectivity index (χ1n) is 8.29. The Kier molecular flexibility index (Phi) is 7.31. The summed E-state index contributed by atoms with van der Waals surface area (Å²) in [6.45, 7) is 4.05. The number of benzene rings is 2. The summed E-state index contributed by atoms with van der Waals surface area (Å²) in [4.78, 5) is 12.2. The molecule has 5 heteroatoms. The number of hydrogen-bond donors (Lipinski definition) is 1. The molecular weight excluding hydrogens is 337 g/mol. The Balaban J connectivity index is 1.86. The monoisotopic (exact) mass is 361 g/mol. The van der Waals surface area contributed by atoms with Crippen molar-refractivity contribution in [2.75, 3.05) is 12.9 Å². The molecular formula is C20H24FNO2S. The van der Waals surface area contributed by atoms with Crippen molar-refractivity contribution in [3.63, 3.8) is 0 Å². The van der Waals surface area contributed by atoms with Gasteiger partial charge in [0.15, 0.2) is 0 Å². The summed E-state index contributed by atoms with van der Waals surface area (Å²) in [5.41, 5.74) is 3.15. The molecule has 0 aliphatic heterocycles. The van der Waals surface area contributed by atoms with Crippen LogP contribution in [0, 0.1) is 12.7 Å². The molecule has 0 bridgehead atoms. The molecule has 0 saturated carbocycles. The van der Waals surface area contributed by atoms with E-state index >= 15 is 0 Å². The van der Waals surface area contributed by atoms with Crippen molar-refractivity contribution in [3.05, 3.63) is 65.0 Å². The van der Waals surface area contributed by atoms with E-state index in [4.69, 9.17) is 4.74 Å². The molecule has 2 rings (SSSR count). The van der Waals surface area contributed by atoms with E-state index in [9.17, 15) is 9.18 Å². The van der Waals surface area contributed by atoms with E-state index in [1.807, 2.05) is 19.1 Å². The molecule has 3 nitrogen and oxygen atoms in total. The smallest absolute Gasteiger partial charge is 0.230 e. The summed E-state index contributed by atoms with van der Waals surface area (Å²) in [6, 6.07) is 12.3. The van der Waals surface area contributed by atoms with Gasteiger partial charge in [0.05, 0.1) is 18.9 Å². The van der Waals surface area contributed by atoms with E-state index < -0.39 is 0 Å². The van der Waals surface area contributed by atoms with Gasteiger partial charge < -0.3 is 10.1 Å². The number of halogens is 1. The Morgan fingerprint density at radius 1 is 1.24 bits per heavy atom. The van der Waals surface area contributed by atoms with Crippen LogP contribution in [0.15, 0.2) is 42.5 Å². The van der Waals surface area contributed by atoms with Gasteiger partial charge in [0.1, 0.15) is 11.6 Å². The van der Waals surface area contributed by atoms with Gasteiger partial charge in [-0.3, -0.25) is 4.79 Å². The number of hydrogen-bond acceptors (Lipinski definition) is 3. The van der Waals surface area contributed by atoms with Gasteiger partial charge in [0.2, 0.25) is 5.91 Å². The number of nitrogens with one attached hydrogen (secondary N) is 1. The summed E-state index contributed by atoms with van der Waals surface area (Å²) in [6.07, 6.45) is 0.820. The number of ether oxygens (including phenoxy) is 1. The predicted octanol–water partition coefficient (Wildman–Crippen LogP) is 4.64. The molecule has 0 aliphatic rings. The first-order chi connectivity index (χ1) is 12.0. The van der Waals surface area contributed by atoms with Crippen LogP contribution in [0.25, 0.3) is 0 Å². The van der Waals surface area contributed by atoms with Crippen LogP contribution in [-0.4, -0.2) is 18.8 Å².